The van der Waals surface area contributed by atoms with E-state index in [1.807, 2.05) is 5.32 Å². The Morgan fingerprint density at radius 2 is 1.76 bits per heavy atom. The van der Waals surface area contributed by atoms with E-state index < -0.39 is 35.9 Å². The molecule has 2 aromatic rings. The van der Waals surface area contributed by atoms with Gasteiger partial charge in [0.1, 0.15) is 0 Å². The molecule has 5 nitrogen and oxygen atoms in total. The molecule has 0 bridgehead atoms. The molecule has 0 radical (unpaired) electrons. The molecule has 0 spiro atoms. The fourth-order valence-electron chi connectivity index (χ4n) is 1.90. The minimum Gasteiger partial charge on any atom is -0.452 e. The van der Waals surface area contributed by atoms with E-state index in [0.717, 1.165) is 12.1 Å². The van der Waals surface area contributed by atoms with Crippen LogP contribution in [0.4, 0.5) is 24.5 Å². The smallest absolute Gasteiger partial charge is 0.418 e. The molecule has 0 aliphatic heterocycles. The number of ether oxygens (including phenoxy) is 1. The van der Waals surface area contributed by atoms with Crippen LogP contribution in [0.15, 0.2) is 42.5 Å². The molecule has 0 heterocycles. The lowest BCUT2D eigenvalue weighted by molar-refractivity contribution is -0.137. The molecule has 0 aliphatic carbocycles. The van der Waals surface area contributed by atoms with Crippen molar-refractivity contribution in [1.82, 2.24) is 0 Å². The number of nitrogens with two attached hydrogens (primary N) is 1. The van der Waals surface area contributed by atoms with Crippen molar-refractivity contribution in [3.05, 3.63) is 58.6 Å². The number of para-hydroxylation sites is 1. The number of nitrogen functional groups attached to an aromatic ring is 1. The van der Waals surface area contributed by atoms with Gasteiger partial charge in [-0.1, -0.05) is 17.7 Å². The monoisotopic (exact) mass is 372 g/mol. The quantitative estimate of drug-likeness (QED) is 0.633. The lowest BCUT2D eigenvalue weighted by Gasteiger charge is -2.15. The number of nitrogens with one attached hydrogen (secondary N) is 1. The highest BCUT2D eigenvalue weighted by atomic mass is 35.5. The summed E-state index contributed by atoms with van der Waals surface area (Å²) in [5, 5.41) is 1.73. The molecule has 0 saturated heterocycles. The molecule has 0 aliphatic rings. The van der Waals surface area contributed by atoms with Crippen LogP contribution in [0.5, 0.6) is 0 Å². The van der Waals surface area contributed by atoms with E-state index in [9.17, 15) is 22.8 Å². The van der Waals surface area contributed by atoms with Crippen molar-refractivity contribution in [1.29, 1.82) is 0 Å². The highest BCUT2D eigenvalue weighted by molar-refractivity contribution is 6.34. The van der Waals surface area contributed by atoms with Gasteiger partial charge in [0.2, 0.25) is 0 Å². The fraction of sp³-hybridized carbons (Fsp3) is 0.125. The van der Waals surface area contributed by atoms with Crippen molar-refractivity contribution in [2.24, 2.45) is 0 Å². The average Bonchev–Trinajstić information content (AvgIpc) is 2.54. The SMILES string of the molecule is Nc1ccc(C(=O)OCC(=O)Nc2c(Cl)cccc2C(F)(F)F)cc1. The second-order valence-corrected chi connectivity index (χ2v) is 5.31. The highest BCUT2D eigenvalue weighted by Gasteiger charge is 2.34. The number of halogens is 4. The first-order chi connectivity index (χ1) is 11.7. The Labute approximate surface area is 145 Å². The number of benzene rings is 2. The molecular formula is C16H12ClF3N2O3. The molecule has 0 aromatic heterocycles. The second kappa shape index (κ2) is 7.43. The summed E-state index contributed by atoms with van der Waals surface area (Å²) < 4.78 is 43.6. The van der Waals surface area contributed by atoms with Crippen LogP contribution in [-0.4, -0.2) is 18.5 Å². The normalized spacial score (nSPS) is 11.0. The Morgan fingerprint density at radius 3 is 2.36 bits per heavy atom. The number of carbonyl (C=O) groups is 2. The van der Waals surface area contributed by atoms with Crippen LogP contribution in [0.25, 0.3) is 0 Å². The van der Waals surface area contributed by atoms with Crippen LogP contribution in [0.2, 0.25) is 5.02 Å². The molecule has 132 valence electrons. The minimum atomic E-state index is -4.70. The number of anilines is 2. The van der Waals surface area contributed by atoms with E-state index in [4.69, 9.17) is 22.1 Å². The Balaban J connectivity index is 2.04. The summed E-state index contributed by atoms with van der Waals surface area (Å²) in [7, 11) is 0. The molecule has 2 rings (SSSR count). The Morgan fingerprint density at radius 1 is 1.12 bits per heavy atom. The van der Waals surface area contributed by atoms with Gasteiger partial charge >= 0.3 is 12.1 Å². The lowest BCUT2D eigenvalue weighted by atomic mass is 10.1. The summed E-state index contributed by atoms with van der Waals surface area (Å²) in [6, 6.07) is 8.82. The molecule has 9 heteroatoms. The van der Waals surface area contributed by atoms with E-state index >= 15 is 0 Å². The third-order valence-electron chi connectivity index (χ3n) is 3.06. The number of alkyl halides is 3. The van der Waals surface area contributed by atoms with Gasteiger partial charge in [-0.15, -0.1) is 0 Å². The van der Waals surface area contributed by atoms with Crippen molar-refractivity contribution in [3.63, 3.8) is 0 Å². The first kappa shape index (κ1) is 18.6. The van der Waals surface area contributed by atoms with E-state index in [1.54, 1.807) is 0 Å². The van der Waals surface area contributed by atoms with Gasteiger partial charge in [0.15, 0.2) is 6.61 Å². The predicted octanol–water partition coefficient (Wildman–Crippen LogP) is 3.74. The third kappa shape index (κ3) is 4.87. The standard InChI is InChI=1S/C16H12ClF3N2O3/c17-12-3-1-2-11(16(18,19)20)14(12)22-13(23)8-25-15(24)9-4-6-10(21)7-5-9/h1-7H,8,21H2,(H,22,23). The largest absolute Gasteiger partial charge is 0.452 e. The molecule has 0 unspecified atom stereocenters. The number of amides is 1. The molecule has 2 aromatic carbocycles. The topological polar surface area (TPSA) is 81.4 Å². The maximum Gasteiger partial charge on any atom is 0.418 e. The van der Waals surface area contributed by atoms with Gasteiger partial charge < -0.3 is 15.8 Å². The highest BCUT2D eigenvalue weighted by Crippen LogP contribution is 2.38. The zero-order valence-electron chi connectivity index (χ0n) is 12.6. The van der Waals surface area contributed by atoms with Gasteiger partial charge in [-0.3, -0.25) is 4.79 Å². The maximum atomic E-state index is 12.9. The minimum absolute atomic E-state index is 0.149. The van der Waals surface area contributed by atoms with Gasteiger partial charge in [-0.05, 0) is 36.4 Å². The van der Waals surface area contributed by atoms with E-state index in [1.165, 1.54) is 30.3 Å². The average molecular weight is 373 g/mol. The van der Waals surface area contributed by atoms with Crippen molar-refractivity contribution < 1.29 is 27.5 Å². The summed E-state index contributed by atoms with van der Waals surface area (Å²) in [6.07, 6.45) is -4.70. The molecule has 0 saturated carbocycles. The molecule has 0 atom stereocenters. The van der Waals surface area contributed by atoms with Crippen molar-refractivity contribution in [2.45, 2.75) is 6.18 Å². The van der Waals surface area contributed by atoms with Crippen LogP contribution in [0, 0.1) is 0 Å². The molecule has 1 amide bonds. The Kier molecular flexibility index (Phi) is 5.53. The summed E-state index contributed by atoms with van der Waals surface area (Å²) in [6.45, 7) is -0.772. The van der Waals surface area contributed by atoms with E-state index in [-0.39, 0.29) is 10.6 Å². The summed E-state index contributed by atoms with van der Waals surface area (Å²) in [5.74, 6) is -1.77. The number of rotatable bonds is 4. The summed E-state index contributed by atoms with van der Waals surface area (Å²) in [5.41, 5.74) is 4.37. The molecule has 3 N–H and O–H groups in total. The Bertz CT molecular complexity index is 792. The van der Waals surface area contributed by atoms with Crippen molar-refractivity contribution in [3.8, 4) is 0 Å². The summed E-state index contributed by atoms with van der Waals surface area (Å²) >= 11 is 5.72. The maximum absolute atomic E-state index is 12.9. The first-order valence-electron chi connectivity index (χ1n) is 6.86. The number of carbonyl (C=O) groups excluding carboxylic acids is 2. The lowest BCUT2D eigenvalue weighted by Crippen LogP contribution is -2.23. The first-order valence-corrected chi connectivity index (χ1v) is 7.24. The molecule has 25 heavy (non-hydrogen) atoms. The van der Waals surface area contributed by atoms with Crippen LogP contribution in [0.1, 0.15) is 15.9 Å². The van der Waals surface area contributed by atoms with Gasteiger partial charge in [-0.2, -0.15) is 13.2 Å². The number of hydrogen-bond acceptors (Lipinski definition) is 4. The van der Waals surface area contributed by atoms with E-state index in [2.05, 4.69) is 0 Å². The van der Waals surface area contributed by atoms with Gasteiger partial charge in [-0.25, -0.2) is 4.79 Å². The second-order valence-electron chi connectivity index (χ2n) is 4.91. The van der Waals surface area contributed by atoms with E-state index in [0.29, 0.717) is 5.69 Å². The zero-order valence-corrected chi connectivity index (χ0v) is 13.3. The molecular weight excluding hydrogens is 361 g/mol. The zero-order chi connectivity index (χ0) is 18.6. The third-order valence-corrected chi connectivity index (χ3v) is 3.38. The van der Waals surface area contributed by atoms with Crippen LogP contribution < -0.4 is 11.1 Å². The van der Waals surface area contributed by atoms with Crippen LogP contribution in [0.3, 0.4) is 0 Å². The fourth-order valence-corrected chi connectivity index (χ4v) is 2.12. The number of esters is 1. The van der Waals surface area contributed by atoms with Crippen molar-refractivity contribution >= 4 is 34.9 Å². The van der Waals surface area contributed by atoms with Gasteiger partial charge in [0.05, 0.1) is 21.8 Å². The Hall–Kier alpha value is -2.74. The number of hydrogen-bond donors (Lipinski definition) is 2. The predicted molar refractivity (Wildman–Crippen MR) is 86.2 cm³/mol. The van der Waals surface area contributed by atoms with Crippen LogP contribution >= 0.6 is 11.6 Å². The van der Waals surface area contributed by atoms with Gasteiger partial charge in [0.25, 0.3) is 5.91 Å². The summed E-state index contributed by atoms with van der Waals surface area (Å²) in [4.78, 5) is 23.6. The van der Waals surface area contributed by atoms with Crippen LogP contribution in [-0.2, 0) is 15.7 Å². The molecule has 0 fully saturated rings. The van der Waals surface area contributed by atoms with Gasteiger partial charge in [0, 0.05) is 5.69 Å². The van der Waals surface area contributed by atoms with Crippen molar-refractivity contribution in [2.75, 3.05) is 17.7 Å².